The summed E-state index contributed by atoms with van der Waals surface area (Å²) < 4.78 is 22.0. The van der Waals surface area contributed by atoms with Gasteiger partial charge in [-0.15, -0.1) is 0 Å². The van der Waals surface area contributed by atoms with Crippen LogP contribution in [0.15, 0.2) is 11.5 Å². The fourth-order valence-corrected chi connectivity index (χ4v) is 2.34. The van der Waals surface area contributed by atoms with E-state index >= 15 is 0 Å². The van der Waals surface area contributed by atoms with Crippen molar-refractivity contribution in [1.82, 2.24) is 10.6 Å². The summed E-state index contributed by atoms with van der Waals surface area (Å²) in [5.74, 6) is -0.228. The lowest BCUT2D eigenvalue weighted by Crippen LogP contribution is -2.45. The fourth-order valence-electron chi connectivity index (χ4n) is 1.10. The minimum atomic E-state index is -3.09. The Morgan fingerprint density at radius 3 is 2.64 bits per heavy atom. The molecule has 0 aliphatic carbocycles. The van der Waals surface area contributed by atoms with Crippen molar-refractivity contribution in [3.05, 3.63) is 11.5 Å². The van der Waals surface area contributed by atoms with Gasteiger partial charge in [0.05, 0.1) is 17.8 Å². The number of hydrogen-bond acceptors (Lipinski definition) is 4. The van der Waals surface area contributed by atoms with Crippen molar-refractivity contribution in [2.75, 3.05) is 12.8 Å². The predicted octanol–water partition coefficient (Wildman–Crippen LogP) is -0.979. The first kappa shape index (κ1) is 11.2. The maximum Gasteiger partial charge on any atom is 0.237 e. The minimum Gasteiger partial charge on any atom is -0.347 e. The molecule has 2 N–H and O–H groups in total. The third kappa shape index (κ3) is 2.81. The molecule has 1 unspecified atom stereocenters. The van der Waals surface area contributed by atoms with Crippen molar-refractivity contribution in [2.45, 2.75) is 19.0 Å². The first-order valence-electron chi connectivity index (χ1n) is 4.33. The van der Waals surface area contributed by atoms with Crippen molar-refractivity contribution in [3.8, 4) is 0 Å². The molecule has 0 fully saturated rings. The number of carbonyl (C=O) groups excluding carboxylic acids is 1. The quantitative estimate of drug-likeness (QED) is 0.638. The van der Waals surface area contributed by atoms with Gasteiger partial charge in [0.1, 0.15) is 0 Å². The Hall–Kier alpha value is -0.880. The molecule has 0 spiro atoms. The smallest absolute Gasteiger partial charge is 0.237 e. The molecule has 1 aliphatic rings. The number of likely N-dealkylation sites (N-methyl/N-ethyl adjacent to an activating group) is 1. The largest absolute Gasteiger partial charge is 0.347 e. The topological polar surface area (TPSA) is 75.3 Å². The van der Waals surface area contributed by atoms with E-state index in [2.05, 4.69) is 10.6 Å². The number of carbonyl (C=O) groups is 1. The molecule has 1 amide bonds. The second-order valence-corrected chi connectivity index (χ2v) is 5.21. The van der Waals surface area contributed by atoms with Crippen LogP contribution in [0, 0.1) is 0 Å². The Balaban J connectivity index is 2.49. The normalized spacial score (nSPS) is 26.0. The van der Waals surface area contributed by atoms with Gasteiger partial charge >= 0.3 is 0 Å². The van der Waals surface area contributed by atoms with Gasteiger partial charge in [0, 0.05) is 5.41 Å². The summed E-state index contributed by atoms with van der Waals surface area (Å²) in [6.45, 7) is 1.71. The van der Waals surface area contributed by atoms with Crippen LogP contribution in [-0.2, 0) is 14.6 Å². The van der Waals surface area contributed by atoms with Gasteiger partial charge in [0.15, 0.2) is 9.84 Å². The lowest BCUT2D eigenvalue weighted by Gasteiger charge is -2.14. The highest BCUT2D eigenvalue weighted by Gasteiger charge is 2.24. The van der Waals surface area contributed by atoms with Crippen molar-refractivity contribution in [1.29, 1.82) is 0 Å². The average Bonchev–Trinajstić information content (AvgIpc) is 2.44. The van der Waals surface area contributed by atoms with Crippen LogP contribution in [0.4, 0.5) is 0 Å². The van der Waals surface area contributed by atoms with Crippen LogP contribution < -0.4 is 10.6 Å². The molecule has 0 saturated heterocycles. The maximum atomic E-state index is 11.3. The molecule has 1 rings (SSSR count). The fraction of sp³-hybridized carbons (Fsp3) is 0.625. The molecule has 0 aromatic rings. The Morgan fingerprint density at radius 2 is 2.21 bits per heavy atom. The van der Waals surface area contributed by atoms with Crippen LogP contribution in [0.2, 0.25) is 0 Å². The molecule has 0 aromatic heterocycles. The van der Waals surface area contributed by atoms with Gasteiger partial charge in [-0.05, 0) is 20.0 Å². The lowest BCUT2D eigenvalue weighted by atomic mass is 10.2. The van der Waals surface area contributed by atoms with Crippen LogP contribution in [-0.4, -0.2) is 39.2 Å². The highest BCUT2D eigenvalue weighted by atomic mass is 32.2. The van der Waals surface area contributed by atoms with Gasteiger partial charge in [0.25, 0.3) is 0 Å². The average molecular weight is 218 g/mol. The Bertz CT molecular complexity index is 348. The van der Waals surface area contributed by atoms with E-state index in [1.54, 1.807) is 14.0 Å². The number of hydrogen-bond donors (Lipinski definition) is 2. The van der Waals surface area contributed by atoms with Gasteiger partial charge < -0.3 is 10.6 Å². The van der Waals surface area contributed by atoms with E-state index in [4.69, 9.17) is 0 Å². The van der Waals surface area contributed by atoms with Crippen LogP contribution in [0.5, 0.6) is 0 Å². The standard InChI is InChI=1S/C8H14N2O3S/c1-6(9-2)8(11)10-7-3-4-14(12,13)5-7/h3-4,6-7,9H,5H2,1-2H3,(H,10,11)/t6-,7?/m0/s1. The summed E-state index contributed by atoms with van der Waals surface area (Å²) in [6, 6.07) is -0.699. The van der Waals surface area contributed by atoms with E-state index in [1.807, 2.05) is 0 Å². The first-order valence-corrected chi connectivity index (χ1v) is 6.05. The lowest BCUT2D eigenvalue weighted by molar-refractivity contribution is -0.122. The van der Waals surface area contributed by atoms with E-state index in [9.17, 15) is 13.2 Å². The molecule has 1 aliphatic heterocycles. The van der Waals surface area contributed by atoms with Crippen LogP contribution >= 0.6 is 0 Å². The first-order chi connectivity index (χ1) is 6.44. The Labute approximate surface area is 83.5 Å². The van der Waals surface area contributed by atoms with Crippen molar-refractivity contribution in [2.24, 2.45) is 0 Å². The predicted molar refractivity (Wildman–Crippen MR) is 53.4 cm³/mol. The zero-order valence-corrected chi connectivity index (χ0v) is 8.97. The third-order valence-corrected chi connectivity index (χ3v) is 3.48. The molecular formula is C8H14N2O3S. The summed E-state index contributed by atoms with van der Waals surface area (Å²) in [4.78, 5) is 11.3. The van der Waals surface area contributed by atoms with Crippen LogP contribution in [0.3, 0.4) is 0 Å². The highest BCUT2D eigenvalue weighted by Crippen LogP contribution is 2.07. The molecule has 0 bridgehead atoms. The van der Waals surface area contributed by atoms with Crippen molar-refractivity contribution in [3.63, 3.8) is 0 Å². The molecule has 80 valence electrons. The van der Waals surface area contributed by atoms with Gasteiger partial charge in [-0.1, -0.05) is 0 Å². The molecule has 0 radical (unpaired) electrons. The number of nitrogens with one attached hydrogen (secondary N) is 2. The maximum absolute atomic E-state index is 11.3. The molecule has 14 heavy (non-hydrogen) atoms. The van der Waals surface area contributed by atoms with Crippen molar-refractivity contribution >= 4 is 15.7 Å². The molecular weight excluding hydrogens is 204 g/mol. The van der Waals surface area contributed by atoms with Gasteiger partial charge in [-0.3, -0.25) is 4.79 Å². The Morgan fingerprint density at radius 1 is 1.57 bits per heavy atom. The second-order valence-electron chi connectivity index (χ2n) is 3.28. The van der Waals surface area contributed by atoms with E-state index in [-0.39, 0.29) is 23.7 Å². The molecule has 0 aromatic carbocycles. The highest BCUT2D eigenvalue weighted by molar-refractivity contribution is 7.94. The number of amides is 1. The van der Waals surface area contributed by atoms with Gasteiger partial charge in [-0.25, -0.2) is 8.42 Å². The Kier molecular flexibility index (Phi) is 3.28. The number of sulfone groups is 1. The van der Waals surface area contributed by atoms with E-state index in [0.29, 0.717) is 0 Å². The summed E-state index contributed by atoms with van der Waals surface area (Å²) in [5, 5.41) is 6.53. The summed E-state index contributed by atoms with van der Waals surface area (Å²) >= 11 is 0. The monoisotopic (exact) mass is 218 g/mol. The third-order valence-electron chi connectivity index (χ3n) is 2.08. The SMILES string of the molecule is CN[C@@H](C)C(=O)NC1C=CS(=O)(=O)C1. The zero-order valence-electron chi connectivity index (χ0n) is 8.15. The van der Waals surface area contributed by atoms with E-state index < -0.39 is 9.84 Å². The molecule has 2 atom stereocenters. The van der Waals surface area contributed by atoms with Crippen LogP contribution in [0.25, 0.3) is 0 Å². The summed E-state index contributed by atoms with van der Waals surface area (Å²) in [6.07, 6.45) is 1.50. The van der Waals surface area contributed by atoms with E-state index in [1.165, 1.54) is 6.08 Å². The van der Waals surface area contributed by atoms with Gasteiger partial charge in [0.2, 0.25) is 5.91 Å². The van der Waals surface area contributed by atoms with E-state index in [0.717, 1.165) is 5.41 Å². The zero-order chi connectivity index (χ0) is 10.8. The van der Waals surface area contributed by atoms with Gasteiger partial charge in [-0.2, -0.15) is 0 Å². The molecule has 0 saturated carbocycles. The summed E-state index contributed by atoms with van der Waals surface area (Å²) in [5.41, 5.74) is 0. The molecule has 1 heterocycles. The molecule has 5 nitrogen and oxygen atoms in total. The summed E-state index contributed by atoms with van der Waals surface area (Å²) in [7, 11) is -1.42. The number of rotatable bonds is 3. The minimum absolute atomic E-state index is 0.0326. The molecule has 6 heteroatoms. The van der Waals surface area contributed by atoms with Crippen LogP contribution in [0.1, 0.15) is 6.92 Å². The second kappa shape index (κ2) is 4.10. The van der Waals surface area contributed by atoms with Crippen molar-refractivity contribution < 1.29 is 13.2 Å².